The first kappa shape index (κ1) is 23.6. The number of thiazole rings is 1. The van der Waals surface area contributed by atoms with Gasteiger partial charge in [-0.15, -0.1) is 5.10 Å². The molecule has 0 radical (unpaired) electrons. The van der Waals surface area contributed by atoms with Crippen LogP contribution in [0.25, 0.3) is 11.4 Å². The summed E-state index contributed by atoms with van der Waals surface area (Å²) < 4.78 is 26.7. The Morgan fingerprint density at radius 3 is 2.72 bits per heavy atom. The maximum Gasteiger partial charge on any atom is 0.304 e. The summed E-state index contributed by atoms with van der Waals surface area (Å²) in [7, 11) is 1.44. The van der Waals surface area contributed by atoms with Gasteiger partial charge in [-0.25, -0.2) is 9.07 Å². The monoisotopic (exact) mass is 522 g/mol. The molecule has 1 aliphatic heterocycles. The van der Waals surface area contributed by atoms with Gasteiger partial charge in [0.2, 0.25) is 0 Å². The highest BCUT2D eigenvalue weighted by Gasteiger charge is 2.47. The average molecular weight is 523 g/mol. The Labute approximate surface area is 199 Å². The third kappa shape index (κ3) is 4.59. The molecule has 0 bridgehead atoms. The van der Waals surface area contributed by atoms with Crippen LogP contribution in [0.3, 0.4) is 0 Å². The molecule has 3 N–H and O–H groups in total. The van der Waals surface area contributed by atoms with Crippen LogP contribution in [0.2, 0.25) is 10.0 Å². The predicted octanol–water partition coefficient (Wildman–Crippen LogP) is 2.57. The van der Waals surface area contributed by atoms with Crippen LogP contribution in [0.15, 0.2) is 33.4 Å². The first-order valence-electron chi connectivity index (χ1n) is 9.20. The summed E-state index contributed by atoms with van der Waals surface area (Å²) in [4.78, 5) is 14.4. The molecule has 1 saturated heterocycles. The second-order valence-corrected chi connectivity index (χ2v) is 9.70. The second-order valence-electron chi connectivity index (χ2n) is 6.87. The number of aliphatic hydroxyl groups is 2. The molecular weight excluding hydrogens is 506 g/mol. The summed E-state index contributed by atoms with van der Waals surface area (Å²) in [5.41, 5.74) is 0.150. The smallest absolute Gasteiger partial charge is 0.304 e. The number of methoxy groups -OCH3 is 1. The molecule has 3 aromatic rings. The largest absolute Gasteiger partial charge is 0.394 e. The van der Waals surface area contributed by atoms with Crippen molar-refractivity contribution < 1.29 is 24.1 Å². The first-order valence-corrected chi connectivity index (χ1v) is 11.7. The van der Waals surface area contributed by atoms with Crippen molar-refractivity contribution in [1.82, 2.24) is 20.0 Å². The number of halogens is 3. The number of aromatic nitrogens is 4. The summed E-state index contributed by atoms with van der Waals surface area (Å²) >= 11 is 13.9. The van der Waals surface area contributed by atoms with Crippen LogP contribution in [0, 0.1) is 5.82 Å². The molecule has 172 valence electrons. The zero-order valence-electron chi connectivity index (χ0n) is 16.3. The van der Waals surface area contributed by atoms with Crippen molar-refractivity contribution in [2.45, 2.75) is 34.7 Å². The Morgan fingerprint density at radius 1 is 1.41 bits per heavy atom. The maximum absolute atomic E-state index is 13.8. The summed E-state index contributed by atoms with van der Waals surface area (Å²) in [6, 6.07) is 2.01. The molecule has 14 heteroatoms. The number of H-pyrrole nitrogens is 1. The maximum atomic E-state index is 13.8. The molecule has 0 aliphatic carbocycles. The Hall–Kier alpha value is -1.51. The quantitative estimate of drug-likeness (QED) is 0.422. The number of nitrogens with zero attached hydrogens (tertiary/aromatic N) is 3. The summed E-state index contributed by atoms with van der Waals surface area (Å²) in [6.45, 7) is -0.463. The van der Waals surface area contributed by atoms with E-state index in [0.717, 1.165) is 23.1 Å². The summed E-state index contributed by atoms with van der Waals surface area (Å²) in [6.07, 6.45) is -1.33. The molecule has 0 saturated carbocycles. The van der Waals surface area contributed by atoms with Crippen molar-refractivity contribution in [3.05, 3.63) is 49.2 Å². The van der Waals surface area contributed by atoms with Gasteiger partial charge >= 0.3 is 4.87 Å². The summed E-state index contributed by atoms with van der Waals surface area (Å²) in [5, 5.41) is 30.1. The molecule has 0 spiro atoms. The third-order valence-corrected chi connectivity index (χ3v) is 7.26. The molecule has 1 fully saturated rings. The molecule has 2 aromatic heterocycles. The highest BCUT2D eigenvalue weighted by molar-refractivity contribution is 7.99. The van der Waals surface area contributed by atoms with E-state index in [1.165, 1.54) is 23.9 Å². The van der Waals surface area contributed by atoms with E-state index in [0.29, 0.717) is 16.3 Å². The van der Waals surface area contributed by atoms with Gasteiger partial charge in [0.15, 0.2) is 5.82 Å². The molecule has 5 unspecified atom stereocenters. The van der Waals surface area contributed by atoms with E-state index in [1.807, 2.05) is 0 Å². The van der Waals surface area contributed by atoms with Gasteiger partial charge < -0.3 is 24.7 Å². The minimum Gasteiger partial charge on any atom is -0.394 e. The Balaban J connectivity index is 1.66. The number of ether oxygens (including phenoxy) is 2. The van der Waals surface area contributed by atoms with Gasteiger partial charge in [0.25, 0.3) is 0 Å². The van der Waals surface area contributed by atoms with Gasteiger partial charge in [-0.3, -0.25) is 4.79 Å². The number of rotatable bonds is 6. The van der Waals surface area contributed by atoms with Gasteiger partial charge in [0.05, 0.1) is 28.5 Å². The van der Waals surface area contributed by atoms with Crippen molar-refractivity contribution in [2.75, 3.05) is 13.7 Å². The lowest BCUT2D eigenvalue weighted by molar-refractivity contribution is -0.186. The molecule has 9 nitrogen and oxygen atoms in total. The van der Waals surface area contributed by atoms with Crippen molar-refractivity contribution >= 4 is 46.3 Å². The zero-order valence-corrected chi connectivity index (χ0v) is 19.5. The predicted molar refractivity (Wildman–Crippen MR) is 118 cm³/mol. The van der Waals surface area contributed by atoms with Crippen LogP contribution < -0.4 is 4.87 Å². The Kier molecular flexibility index (Phi) is 7.22. The number of hydrogen-bond donors (Lipinski definition) is 3. The molecule has 5 atom stereocenters. The van der Waals surface area contributed by atoms with E-state index in [9.17, 15) is 19.4 Å². The number of thioether (sulfide) groups is 1. The number of hydrogen-bond acceptors (Lipinski definition) is 9. The van der Waals surface area contributed by atoms with Gasteiger partial charge in [-0.1, -0.05) is 51.5 Å². The van der Waals surface area contributed by atoms with Crippen LogP contribution >= 0.6 is 46.3 Å². The SMILES string of the molecule is COC1C(Sc2cc(Cl)c(F)c(Cl)c2)OC(CO)C(O)C1n1cc(-c2csc(=O)[nH]2)nn1. The molecular formula is C18H17Cl2FN4O5S2. The topological polar surface area (TPSA) is 122 Å². The molecule has 1 aromatic carbocycles. The number of aliphatic hydroxyl groups excluding tert-OH is 2. The normalized spacial score (nSPS) is 25.9. The Bertz CT molecular complexity index is 1140. The van der Waals surface area contributed by atoms with Crippen molar-refractivity contribution in [3.8, 4) is 11.4 Å². The minimum absolute atomic E-state index is 0.147. The lowest BCUT2D eigenvalue weighted by Gasteiger charge is -2.43. The number of nitrogens with one attached hydrogen (secondary N) is 1. The van der Waals surface area contributed by atoms with Gasteiger partial charge in [0, 0.05) is 17.4 Å². The highest BCUT2D eigenvalue weighted by atomic mass is 35.5. The molecule has 1 aliphatic rings. The van der Waals surface area contributed by atoms with Crippen LogP contribution in [0.5, 0.6) is 0 Å². The van der Waals surface area contributed by atoms with Gasteiger partial charge in [0.1, 0.15) is 35.5 Å². The van der Waals surface area contributed by atoms with E-state index in [-0.39, 0.29) is 14.9 Å². The zero-order chi connectivity index (χ0) is 23.0. The van der Waals surface area contributed by atoms with Gasteiger partial charge in [-0.05, 0) is 12.1 Å². The first-order chi connectivity index (χ1) is 15.3. The lowest BCUT2D eigenvalue weighted by atomic mass is 9.97. The number of benzene rings is 1. The van der Waals surface area contributed by atoms with E-state index >= 15 is 0 Å². The number of aromatic amines is 1. The van der Waals surface area contributed by atoms with Crippen LogP contribution in [-0.4, -0.2) is 67.7 Å². The molecule has 4 rings (SSSR count). The fourth-order valence-corrected chi connectivity index (χ4v) is 5.83. The molecule has 32 heavy (non-hydrogen) atoms. The fraction of sp³-hybridized carbons (Fsp3) is 0.389. The van der Waals surface area contributed by atoms with E-state index in [2.05, 4.69) is 15.3 Å². The van der Waals surface area contributed by atoms with Crippen LogP contribution in [-0.2, 0) is 9.47 Å². The van der Waals surface area contributed by atoms with Crippen molar-refractivity contribution in [2.24, 2.45) is 0 Å². The Morgan fingerprint density at radius 2 is 2.12 bits per heavy atom. The highest BCUT2D eigenvalue weighted by Crippen LogP contribution is 2.41. The van der Waals surface area contributed by atoms with Gasteiger partial charge in [-0.2, -0.15) is 0 Å². The fourth-order valence-electron chi connectivity index (χ4n) is 3.39. The lowest BCUT2D eigenvalue weighted by Crippen LogP contribution is -2.55. The van der Waals surface area contributed by atoms with Crippen molar-refractivity contribution in [3.63, 3.8) is 0 Å². The van der Waals surface area contributed by atoms with E-state index < -0.39 is 42.2 Å². The van der Waals surface area contributed by atoms with E-state index in [1.54, 1.807) is 11.6 Å². The summed E-state index contributed by atoms with van der Waals surface area (Å²) in [5.74, 6) is -0.728. The van der Waals surface area contributed by atoms with E-state index in [4.69, 9.17) is 32.7 Å². The average Bonchev–Trinajstić information content (AvgIpc) is 3.41. The van der Waals surface area contributed by atoms with Crippen LogP contribution in [0.4, 0.5) is 4.39 Å². The van der Waals surface area contributed by atoms with Crippen LogP contribution in [0.1, 0.15) is 6.04 Å². The third-order valence-electron chi connectivity index (χ3n) is 4.92. The molecule has 0 amide bonds. The second kappa shape index (κ2) is 9.77. The molecule has 3 heterocycles. The van der Waals surface area contributed by atoms with Crippen molar-refractivity contribution in [1.29, 1.82) is 0 Å². The standard InChI is InChI=1S/C18H17Cl2FN4O5S2/c1-29-16-14(25-4-10(23-24-25)11-6-31-18(28)22-11)15(27)12(5-26)30-17(16)32-7-2-8(19)13(21)9(20)3-7/h2-4,6,12,14-17,26-27H,5H2,1H3,(H,22,28). The minimum atomic E-state index is -1.18.